The Morgan fingerprint density at radius 2 is 2.00 bits per heavy atom. The lowest BCUT2D eigenvalue weighted by Gasteiger charge is -2.24. The van der Waals surface area contributed by atoms with Crippen molar-refractivity contribution in [3.63, 3.8) is 0 Å². The molecule has 7 heteroatoms. The Hall–Kier alpha value is -2.44. The zero-order valence-electron chi connectivity index (χ0n) is 14.5. The third kappa shape index (κ3) is 3.71. The van der Waals surface area contributed by atoms with E-state index in [4.69, 9.17) is 21.3 Å². The number of hydrogen-bond donors (Lipinski definition) is 0. The molecule has 4 rings (SSSR count). The van der Waals surface area contributed by atoms with Crippen LogP contribution in [0.5, 0.6) is 11.6 Å². The van der Waals surface area contributed by atoms with E-state index in [2.05, 4.69) is 19.4 Å². The fourth-order valence-corrected chi connectivity index (χ4v) is 3.42. The van der Waals surface area contributed by atoms with E-state index in [0.717, 1.165) is 31.6 Å². The molecule has 2 aromatic heterocycles. The van der Waals surface area contributed by atoms with Crippen molar-refractivity contribution in [3.8, 4) is 11.6 Å². The second-order valence-electron chi connectivity index (χ2n) is 6.46. The van der Waals surface area contributed by atoms with E-state index in [0.29, 0.717) is 16.7 Å². The third-order valence-electron chi connectivity index (χ3n) is 4.65. The number of likely N-dealkylation sites (tertiary alicyclic amines) is 1. The van der Waals surface area contributed by atoms with Gasteiger partial charge in [-0.2, -0.15) is 0 Å². The summed E-state index contributed by atoms with van der Waals surface area (Å²) in [5.74, 6) is 1.19. The summed E-state index contributed by atoms with van der Waals surface area (Å²) >= 11 is 5.92. The lowest BCUT2D eigenvalue weighted by molar-refractivity contribution is 0.237. The topological polar surface area (TPSA) is 56.1 Å². The molecule has 0 saturated carbocycles. The number of aryl methyl sites for hydroxylation is 1. The number of benzene rings is 1. The molecule has 3 heterocycles. The quantitative estimate of drug-likeness (QED) is 0.680. The normalized spacial score (nSPS) is 17.5. The fraction of sp³-hybridized carbons (Fsp3) is 0.316. The van der Waals surface area contributed by atoms with Crippen molar-refractivity contribution in [3.05, 3.63) is 65.6 Å². The van der Waals surface area contributed by atoms with E-state index >= 15 is 0 Å². The van der Waals surface area contributed by atoms with E-state index in [1.165, 1.54) is 5.69 Å². The zero-order valence-corrected chi connectivity index (χ0v) is 15.3. The summed E-state index contributed by atoms with van der Waals surface area (Å²) in [7, 11) is 2.02. The molecule has 0 unspecified atom stereocenters. The van der Waals surface area contributed by atoms with E-state index in [1.54, 1.807) is 18.3 Å². The van der Waals surface area contributed by atoms with Crippen LogP contribution in [-0.2, 0) is 13.6 Å². The molecule has 0 amide bonds. The number of rotatable bonds is 5. The zero-order chi connectivity index (χ0) is 17.9. The Morgan fingerprint density at radius 3 is 2.77 bits per heavy atom. The first kappa shape index (κ1) is 17.0. The summed E-state index contributed by atoms with van der Waals surface area (Å²) in [6.45, 7) is 1.89. The van der Waals surface area contributed by atoms with Gasteiger partial charge in [-0.15, -0.1) is 0 Å². The Morgan fingerprint density at radius 1 is 1.15 bits per heavy atom. The molecule has 0 radical (unpaired) electrons. The maximum absolute atomic E-state index is 5.92. The molecule has 1 atom stereocenters. The smallest absolute Gasteiger partial charge is 0.238 e. The van der Waals surface area contributed by atoms with Crippen molar-refractivity contribution in [2.45, 2.75) is 25.4 Å². The molecular formula is C19H20ClN5O. The minimum atomic E-state index is 0.242. The van der Waals surface area contributed by atoms with E-state index in [1.807, 2.05) is 37.9 Å². The largest absolute Gasteiger partial charge is 0.437 e. The Labute approximate surface area is 157 Å². The summed E-state index contributed by atoms with van der Waals surface area (Å²) in [6, 6.07) is 7.47. The Bertz CT molecular complexity index is 880. The SMILES string of the molecule is Cn1cncc1CN1CCC[C@@H]1c1cncc(Oc2ccc(Cl)cc2)n1. The van der Waals surface area contributed by atoms with Gasteiger partial charge in [0.25, 0.3) is 0 Å². The molecule has 26 heavy (non-hydrogen) atoms. The molecule has 3 aromatic rings. The van der Waals surface area contributed by atoms with Crippen molar-refractivity contribution < 1.29 is 4.74 Å². The van der Waals surface area contributed by atoms with Crippen LogP contribution >= 0.6 is 11.6 Å². The van der Waals surface area contributed by atoms with Gasteiger partial charge >= 0.3 is 0 Å². The van der Waals surface area contributed by atoms with Gasteiger partial charge < -0.3 is 9.30 Å². The number of aromatic nitrogens is 4. The average molecular weight is 370 g/mol. The summed E-state index contributed by atoms with van der Waals surface area (Å²) in [5.41, 5.74) is 2.13. The predicted octanol–water partition coefficient (Wildman–Crippen LogP) is 3.99. The third-order valence-corrected chi connectivity index (χ3v) is 4.91. The van der Waals surface area contributed by atoms with Gasteiger partial charge in [0.1, 0.15) is 5.75 Å². The molecule has 0 N–H and O–H groups in total. The van der Waals surface area contributed by atoms with Crippen molar-refractivity contribution in [2.75, 3.05) is 6.54 Å². The highest BCUT2D eigenvalue weighted by Crippen LogP contribution is 2.33. The highest BCUT2D eigenvalue weighted by Gasteiger charge is 2.28. The van der Waals surface area contributed by atoms with Gasteiger partial charge in [-0.05, 0) is 43.7 Å². The number of ether oxygens (including phenoxy) is 1. The average Bonchev–Trinajstić information content (AvgIpc) is 3.27. The molecule has 0 aliphatic carbocycles. The molecule has 1 saturated heterocycles. The van der Waals surface area contributed by atoms with Crippen LogP contribution in [0.25, 0.3) is 0 Å². The molecule has 1 fully saturated rings. The van der Waals surface area contributed by atoms with Crippen molar-refractivity contribution in [2.24, 2.45) is 7.05 Å². The molecule has 6 nitrogen and oxygen atoms in total. The minimum absolute atomic E-state index is 0.242. The molecule has 1 aliphatic heterocycles. The van der Waals surface area contributed by atoms with Gasteiger partial charge in [-0.3, -0.25) is 9.88 Å². The van der Waals surface area contributed by atoms with Gasteiger partial charge in [0.05, 0.1) is 36.2 Å². The molecule has 1 aromatic carbocycles. The number of imidazole rings is 1. The van der Waals surface area contributed by atoms with Gasteiger partial charge in [-0.1, -0.05) is 11.6 Å². The van der Waals surface area contributed by atoms with Crippen molar-refractivity contribution >= 4 is 11.6 Å². The van der Waals surface area contributed by atoms with Crippen LogP contribution in [0.15, 0.2) is 49.2 Å². The molecule has 0 spiro atoms. The van der Waals surface area contributed by atoms with Crippen LogP contribution in [0, 0.1) is 0 Å². The monoisotopic (exact) mass is 369 g/mol. The van der Waals surface area contributed by atoms with E-state index in [9.17, 15) is 0 Å². The maximum Gasteiger partial charge on any atom is 0.238 e. The van der Waals surface area contributed by atoms with Crippen molar-refractivity contribution in [1.82, 2.24) is 24.4 Å². The van der Waals surface area contributed by atoms with E-state index in [-0.39, 0.29) is 6.04 Å². The minimum Gasteiger partial charge on any atom is -0.437 e. The molecular weight excluding hydrogens is 350 g/mol. The van der Waals surface area contributed by atoms with Crippen LogP contribution in [-0.4, -0.2) is 31.0 Å². The second-order valence-corrected chi connectivity index (χ2v) is 6.90. The number of hydrogen-bond acceptors (Lipinski definition) is 5. The first-order valence-electron chi connectivity index (χ1n) is 8.63. The standard InChI is InChI=1S/C19H20ClN5O/c1-24-13-22-9-15(24)12-25-8-2-3-18(25)17-10-21-11-19(23-17)26-16-6-4-14(20)5-7-16/h4-7,9-11,13,18H,2-3,8,12H2,1H3/t18-/m1/s1. The first-order valence-corrected chi connectivity index (χ1v) is 9.01. The summed E-state index contributed by atoms with van der Waals surface area (Å²) in [4.78, 5) is 15.7. The van der Waals surface area contributed by atoms with Crippen LogP contribution < -0.4 is 4.74 Å². The fourth-order valence-electron chi connectivity index (χ4n) is 3.29. The maximum atomic E-state index is 5.92. The highest BCUT2D eigenvalue weighted by molar-refractivity contribution is 6.30. The van der Waals surface area contributed by atoms with Gasteiger partial charge in [-0.25, -0.2) is 9.97 Å². The highest BCUT2D eigenvalue weighted by atomic mass is 35.5. The van der Waals surface area contributed by atoms with Gasteiger partial charge in [0.15, 0.2) is 0 Å². The summed E-state index contributed by atoms with van der Waals surface area (Å²) in [5, 5.41) is 0.675. The van der Waals surface area contributed by atoms with Crippen LogP contribution in [0.3, 0.4) is 0 Å². The Balaban J connectivity index is 1.51. The van der Waals surface area contributed by atoms with Crippen molar-refractivity contribution in [1.29, 1.82) is 0 Å². The number of halogens is 1. The van der Waals surface area contributed by atoms with Gasteiger partial charge in [0.2, 0.25) is 5.88 Å². The molecule has 134 valence electrons. The molecule has 1 aliphatic rings. The van der Waals surface area contributed by atoms with E-state index < -0.39 is 0 Å². The second kappa shape index (κ2) is 7.43. The van der Waals surface area contributed by atoms with Crippen LogP contribution in [0.1, 0.15) is 30.3 Å². The lowest BCUT2D eigenvalue weighted by atomic mass is 10.1. The van der Waals surface area contributed by atoms with Crippen LogP contribution in [0.2, 0.25) is 5.02 Å². The van der Waals surface area contributed by atoms with Crippen LogP contribution in [0.4, 0.5) is 0 Å². The summed E-state index contributed by atoms with van der Waals surface area (Å²) < 4.78 is 7.89. The predicted molar refractivity (Wildman–Crippen MR) is 99.2 cm³/mol. The van der Waals surface area contributed by atoms with Gasteiger partial charge in [0, 0.05) is 24.8 Å². The summed E-state index contributed by atoms with van der Waals surface area (Å²) in [6.07, 6.45) is 9.44. The molecule has 0 bridgehead atoms. The Kier molecular flexibility index (Phi) is 4.86. The lowest BCUT2D eigenvalue weighted by Crippen LogP contribution is -2.24. The number of nitrogens with zero attached hydrogens (tertiary/aromatic N) is 5. The first-order chi connectivity index (χ1) is 12.7.